The Labute approximate surface area is 208 Å². The lowest BCUT2D eigenvalue weighted by molar-refractivity contribution is -0.185. The van der Waals surface area contributed by atoms with Gasteiger partial charge in [-0.1, -0.05) is 69.0 Å². The Morgan fingerprint density at radius 1 is 1.03 bits per heavy atom. The second-order valence-corrected chi connectivity index (χ2v) is 9.84. The molecule has 1 unspecified atom stereocenters. The molecular weight excluding hydrogens is 580 g/mol. The molecule has 0 saturated heterocycles. The zero-order valence-electron chi connectivity index (χ0n) is 16.4. The van der Waals surface area contributed by atoms with E-state index in [-0.39, 0.29) is 43.5 Å². The lowest BCUT2D eigenvalue weighted by Gasteiger charge is -2.19. The number of halogens is 10. The zero-order valence-corrected chi connectivity index (χ0v) is 20.3. The van der Waals surface area contributed by atoms with Crippen molar-refractivity contribution in [1.82, 2.24) is 0 Å². The third-order valence-corrected chi connectivity index (χ3v) is 7.30. The second kappa shape index (κ2) is 9.44. The topological polar surface area (TPSA) is 17.1 Å². The predicted octanol–water partition coefficient (Wildman–Crippen LogP) is 9.68. The maximum absolute atomic E-state index is 13.7. The van der Waals surface area contributed by atoms with Crippen molar-refractivity contribution >= 4 is 62.6 Å². The molecular formula is C22H14BrCl3F6O. The van der Waals surface area contributed by atoms with Gasteiger partial charge in [0.25, 0.3) is 0 Å². The van der Waals surface area contributed by atoms with E-state index >= 15 is 0 Å². The van der Waals surface area contributed by atoms with Gasteiger partial charge in [0.2, 0.25) is 0 Å². The number of alkyl halides is 6. The summed E-state index contributed by atoms with van der Waals surface area (Å²) in [6.45, 7) is 0. The number of hydrogen-bond donors (Lipinski definition) is 0. The number of hydrogen-bond acceptors (Lipinski definition) is 1. The van der Waals surface area contributed by atoms with Gasteiger partial charge in [-0.3, -0.25) is 4.79 Å². The molecule has 1 saturated carbocycles. The standard InChI is InChI=1S/C22H14BrCl3F6O/c23-15-7-11(1-3-13(15)18(33)10-20(5-6-20)22(30,31)32)2-4-14(21(27,28)29)12-8-16(24)19(26)17(25)9-12/h1-4,7-9,14H,5-6,10H2/b4-2+. The van der Waals surface area contributed by atoms with E-state index in [1.165, 1.54) is 24.3 Å². The first-order chi connectivity index (χ1) is 15.1. The number of benzene rings is 2. The summed E-state index contributed by atoms with van der Waals surface area (Å²) in [5.41, 5.74) is -1.86. The Balaban J connectivity index is 1.84. The number of rotatable bonds is 6. The van der Waals surface area contributed by atoms with E-state index in [2.05, 4.69) is 15.9 Å². The quantitative estimate of drug-likeness (QED) is 0.185. The molecule has 1 fully saturated rings. The molecule has 1 atom stereocenters. The number of allylic oxidation sites excluding steroid dienone is 1. The van der Waals surface area contributed by atoms with Crippen LogP contribution in [0.15, 0.2) is 40.9 Å². The maximum Gasteiger partial charge on any atom is 0.399 e. The minimum atomic E-state index is -4.67. The summed E-state index contributed by atoms with van der Waals surface area (Å²) in [7, 11) is 0. The largest absolute Gasteiger partial charge is 0.399 e. The Morgan fingerprint density at radius 2 is 1.61 bits per heavy atom. The summed E-state index contributed by atoms with van der Waals surface area (Å²) >= 11 is 20.7. The van der Waals surface area contributed by atoms with E-state index < -0.39 is 35.9 Å². The van der Waals surface area contributed by atoms with Gasteiger partial charge in [0, 0.05) is 16.5 Å². The highest BCUT2D eigenvalue weighted by molar-refractivity contribution is 9.10. The molecule has 0 bridgehead atoms. The van der Waals surface area contributed by atoms with Crippen LogP contribution in [0.3, 0.4) is 0 Å². The van der Waals surface area contributed by atoms with Crippen LogP contribution in [0.4, 0.5) is 26.3 Å². The molecule has 1 aliphatic rings. The van der Waals surface area contributed by atoms with Crippen molar-refractivity contribution in [2.45, 2.75) is 37.5 Å². The molecule has 0 radical (unpaired) electrons. The van der Waals surface area contributed by atoms with Gasteiger partial charge < -0.3 is 0 Å². The van der Waals surface area contributed by atoms with Gasteiger partial charge in [-0.25, -0.2) is 0 Å². The fourth-order valence-electron chi connectivity index (χ4n) is 3.35. The maximum atomic E-state index is 13.7. The van der Waals surface area contributed by atoms with Crippen molar-refractivity contribution < 1.29 is 31.1 Å². The smallest absolute Gasteiger partial charge is 0.294 e. The molecule has 2 aromatic rings. The molecule has 178 valence electrons. The number of carbonyl (C=O) groups is 1. The number of ketones is 1. The summed E-state index contributed by atoms with van der Waals surface area (Å²) in [5.74, 6) is -2.74. The van der Waals surface area contributed by atoms with Crippen molar-refractivity contribution in [2.24, 2.45) is 5.41 Å². The first-order valence-electron chi connectivity index (χ1n) is 9.43. The molecule has 2 aromatic carbocycles. The van der Waals surface area contributed by atoms with Gasteiger partial charge in [0.1, 0.15) is 0 Å². The SMILES string of the molecule is O=C(CC1(C(F)(F)F)CC1)c1ccc(/C=C/C(c2cc(Cl)c(Cl)c(Cl)c2)C(F)(F)F)cc1Br. The summed E-state index contributed by atoms with van der Waals surface area (Å²) in [6.07, 6.45) is -7.92. The third kappa shape index (κ3) is 5.89. The van der Waals surface area contributed by atoms with Gasteiger partial charge >= 0.3 is 12.4 Å². The minimum Gasteiger partial charge on any atom is -0.294 e. The van der Waals surface area contributed by atoms with Crippen LogP contribution in [0, 0.1) is 5.41 Å². The second-order valence-electron chi connectivity index (χ2n) is 7.79. The third-order valence-electron chi connectivity index (χ3n) is 5.45. The lowest BCUT2D eigenvalue weighted by atomic mass is 9.94. The van der Waals surface area contributed by atoms with Crippen LogP contribution in [0.5, 0.6) is 0 Å². The summed E-state index contributed by atoms with van der Waals surface area (Å²) in [6, 6.07) is 6.16. The minimum absolute atomic E-state index is 0.0336. The lowest BCUT2D eigenvalue weighted by Crippen LogP contribution is -2.27. The highest BCUT2D eigenvalue weighted by Crippen LogP contribution is 2.60. The first-order valence-corrected chi connectivity index (χ1v) is 11.4. The fraction of sp³-hybridized carbons (Fsp3) is 0.318. The summed E-state index contributed by atoms with van der Waals surface area (Å²) < 4.78 is 80.6. The molecule has 0 spiro atoms. The van der Waals surface area contributed by atoms with E-state index in [1.807, 2.05) is 0 Å². The Kier molecular flexibility index (Phi) is 7.55. The van der Waals surface area contributed by atoms with Crippen LogP contribution in [0.2, 0.25) is 15.1 Å². The van der Waals surface area contributed by atoms with Crippen LogP contribution in [-0.4, -0.2) is 18.1 Å². The molecule has 0 aliphatic heterocycles. The molecule has 1 aliphatic carbocycles. The van der Waals surface area contributed by atoms with E-state index in [1.54, 1.807) is 0 Å². The molecule has 0 heterocycles. The summed E-state index contributed by atoms with van der Waals surface area (Å²) in [5, 5.41) is -0.311. The van der Waals surface area contributed by atoms with Crippen molar-refractivity contribution in [3.05, 3.63) is 72.6 Å². The highest BCUT2D eigenvalue weighted by atomic mass is 79.9. The normalized spacial score (nSPS) is 16.8. The molecule has 0 N–H and O–H groups in total. The molecule has 0 amide bonds. The highest BCUT2D eigenvalue weighted by Gasteiger charge is 2.63. The van der Waals surface area contributed by atoms with Crippen LogP contribution in [0.25, 0.3) is 6.08 Å². The fourth-order valence-corrected chi connectivity index (χ4v) is 4.58. The van der Waals surface area contributed by atoms with E-state index in [0.29, 0.717) is 5.56 Å². The van der Waals surface area contributed by atoms with Crippen LogP contribution in [-0.2, 0) is 0 Å². The monoisotopic (exact) mass is 592 g/mol. The van der Waals surface area contributed by atoms with Gasteiger partial charge in [-0.15, -0.1) is 0 Å². The van der Waals surface area contributed by atoms with Crippen LogP contribution in [0.1, 0.15) is 46.7 Å². The predicted molar refractivity (Wildman–Crippen MR) is 120 cm³/mol. The van der Waals surface area contributed by atoms with E-state index in [9.17, 15) is 31.1 Å². The Bertz CT molecular complexity index is 1080. The molecule has 3 rings (SSSR count). The van der Waals surface area contributed by atoms with Crippen LogP contribution >= 0.6 is 50.7 Å². The Hall–Kier alpha value is -1.22. The first kappa shape index (κ1) is 26.4. The molecule has 33 heavy (non-hydrogen) atoms. The molecule has 1 nitrogen and oxygen atoms in total. The zero-order chi connectivity index (χ0) is 24.8. The van der Waals surface area contributed by atoms with Gasteiger partial charge in [-0.2, -0.15) is 26.3 Å². The molecule has 11 heteroatoms. The van der Waals surface area contributed by atoms with E-state index in [4.69, 9.17) is 34.8 Å². The van der Waals surface area contributed by atoms with Gasteiger partial charge in [0.05, 0.1) is 26.4 Å². The average Bonchev–Trinajstić information content (AvgIpc) is 3.45. The molecule has 0 aromatic heterocycles. The summed E-state index contributed by atoms with van der Waals surface area (Å²) in [4.78, 5) is 12.4. The van der Waals surface area contributed by atoms with Crippen LogP contribution < -0.4 is 0 Å². The van der Waals surface area contributed by atoms with Crippen molar-refractivity contribution in [3.63, 3.8) is 0 Å². The average molecular weight is 595 g/mol. The van der Waals surface area contributed by atoms with E-state index in [0.717, 1.165) is 18.2 Å². The van der Waals surface area contributed by atoms with Crippen molar-refractivity contribution in [2.75, 3.05) is 0 Å². The Morgan fingerprint density at radius 3 is 2.06 bits per heavy atom. The van der Waals surface area contributed by atoms with Crippen molar-refractivity contribution in [1.29, 1.82) is 0 Å². The van der Waals surface area contributed by atoms with Gasteiger partial charge in [0.15, 0.2) is 5.78 Å². The number of Topliss-reactive ketones (excluding diaryl/α,β-unsaturated/α-hetero) is 1. The number of carbonyl (C=O) groups excluding carboxylic acids is 1. The van der Waals surface area contributed by atoms with Crippen molar-refractivity contribution in [3.8, 4) is 0 Å². The van der Waals surface area contributed by atoms with Gasteiger partial charge in [-0.05, 0) is 48.2 Å².